The van der Waals surface area contributed by atoms with Crippen LogP contribution in [0.15, 0.2) is 58.2 Å². The van der Waals surface area contributed by atoms with Gasteiger partial charge in [-0.25, -0.2) is 0 Å². The fraction of sp³-hybridized carbons (Fsp3) is 0.182. The Bertz CT molecular complexity index is 1060. The summed E-state index contributed by atoms with van der Waals surface area (Å²) in [6.45, 7) is 1.90. The molecule has 0 aliphatic heterocycles. The zero-order valence-corrected chi connectivity index (χ0v) is 18.9. The van der Waals surface area contributed by atoms with E-state index in [1.165, 1.54) is 6.21 Å². The molecule has 3 rings (SSSR count). The molecule has 0 N–H and O–H groups in total. The van der Waals surface area contributed by atoms with Crippen LogP contribution in [0.2, 0.25) is 10.0 Å². The standard InChI is InChI=1S/C22H18BrCl2NO3/c1-13(11-26-29-12-17-18(24)4-3-5-19(17)25)22(27)15-6-8-16-14(10-15)7-9-20(28-2)21(16)23/h3-11,13H,12H2,1-2H3/b26-11-/t13-/m1/s1. The summed E-state index contributed by atoms with van der Waals surface area (Å²) >= 11 is 15.7. The van der Waals surface area contributed by atoms with E-state index < -0.39 is 5.92 Å². The lowest BCUT2D eigenvalue weighted by atomic mass is 9.97. The monoisotopic (exact) mass is 493 g/mol. The van der Waals surface area contributed by atoms with E-state index >= 15 is 0 Å². The van der Waals surface area contributed by atoms with Gasteiger partial charge in [0.05, 0.1) is 23.7 Å². The second-order valence-electron chi connectivity index (χ2n) is 6.40. The second kappa shape index (κ2) is 9.61. The van der Waals surface area contributed by atoms with Gasteiger partial charge in [0.2, 0.25) is 0 Å². The molecule has 0 aliphatic rings. The number of carbonyl (C=O) groups is 1. The Kier molecular flexibility index (Phi) is 7.17. The van der Waals surface area contributed by atoms with Gasteiger partial charge in [-0.05, 0) is 57.9 Å². The topological polar surface area (TPSA) is 47.9 Å². The van der Waals surface area contributed by atoms with Crippen LogP contribution in [0.5, 0.6) is 5.75 Å². The lowest BCUT2D eigenvalue weighted by molar-refractivity contribution is 0.0955. The average molecular weight is 495 g/mol. The summed E-state index contributed by atoms with van der Waals surface area (Å²) in [6, 6.07) is 14.6. The van der Waals surface area contributed by atoms with Crippen LogP contribution in [0.3, 0.4) is 0 Å². The molecule has 0 saturated carbocycles. The van der Waals surface area contributed by atoms with Crippen molar-refractivity contribution >= 4 is 61.9 Å². The van der Waals surface area contributed by atoms with Crippen LogP contribution in [0.4, 0.5) is 0 Å². The minimum Gasteiger partial charge on any atom is -0.496 e. The number of ether oxygens (including phenoxy) is 1. The molecular formula is C22H18BrCl2NO3. The molecule has 7 heteroatoms. The third kappa shape index (κ3) is 4.92. The summed E-state index contributed by atoms with van der Waals surface area (Å²) in [5.41, 5.74) is 1.25. The lowest BCUT2D eigenvalue weighted by Crippen LogP contribution is -2.12. The lowest BCUT2D eigenvalue weighted by Gasteiger charge is -2.10. The van der Waals surface area contributed by atoms with Crippen molar-refractivity contribution in [1.29, 1.82) is 0 Å². The minimum atomic E-state index is -0.448. The molecule has 0 saturated heterocycles. The highest BCUT2D eigenvalue weighted by Crippen LogP contribution is 2.33. The van der Waals surface area contributed by atoms with Crippen LogP contribution in [-0.2, 0) is 11.4 Å². The molecule has 29 heavy (non-hydrogen) atoms. The molecular weight excluding hydrogens is 477 g/mol. The molecule has 0 spiro atoms. The van der Waals surface area contributed by atoms with Gasteiger partial charge >= 0.3 is 0 Å². The molecule has 3 aromatic rings. The van der Waals surface area contributed by atoms with E-state index in [1.807, 2.05) is 24.3 Å². The molecule has 0 unspecified atom stereocenters. The van der Waals surface area contributed by atoms with Crippen LogP contribution in [0.1, 0.15) is 22.8 Å². The highest BCUT2D eigenvalue weighted by Gasteiger charge is 2.15. The van der Waals surface area contributed by atoms with E-state index in [0.717, 1.165) is 21.0 Å². The summed E-state index contributed by atoms with van der Waals surface area (Å²) in [5, 5.41) is 6.84. The Morgan fingerprint density at radius 3 is 2.59 bits per heavy atom. The van der Waals surface area contributed by atoms with Crippen LogP contribution in [0.25, 0.3) is 10.8 Å². The number of Topliss-reactive ketones (excluding diaryl/α,β-unsaturated/α-hetero) is 1. The molecule has 0 amide bonds. The zero-order chi connectivity index (χ0) is 21.0. The molecule has 0 heterocycles. The minimum absolute atomic E-state index is 0.0537. The Hall–Kier alpha value is -2.08. The summed E-state index contributed by atoms with van der Waals surface area (Å²) in [5.74, 6) is 0.241. The summed E-state index contributed by atoms with van der Waals surface area (Å²) in [7, 11) is 1.62. The normalized spacial score (nSPS) is 12.3. The maximum Gasteiger partial charge on any atom is 0.171 e. The van der Waals surface area contributed by atoms with Gasteiger partial charge in [-0.3, -0.25) is 4.79 Å². The van der Waals surface area contributed by atoms with Gasteiger partial charge in [0.1, 0.15) is 12.4 Å². The van der Waals surface area contributed by atoms with Crippen molar-refractivity contribution in [2.45, 2.75) is 13.5 Å². The van der Waals surface area contributed by atoms with Gasteiger partial charge in [0, 0.05) is 21.2 Å². The maximum atomic E-state index is 12.7. The molecule has 0 aromatic heterocycles. The predicted molar refractivity (Wildman–Crippen MR) is 121 cm³/mol. The van der Waals surface area contributed by atoms with E-state index in [0.29, 0.717) is 21.2 Å². The molecule has 3 aromatic carbocycles. The molecule has 0 radical (unpaired) electrons. The fourth-order valence-corrected chi connectivity index (χ4v) is 3.98. The number of benzene rings is 3. The molecule has 150 valence electrons. The van der Waals surface area contributed by atoms with Crippen molar-refractivity contribution in [1.82, 2.24) is 0 Å². The van der Waals surface area contributed by atoms with E-state index in [2.05, 4.69) is 21.1 Å². The van der Waals surface area contributed by atoms with Gasteiger partial charge in [-0.2, -0.15) is 0 Å². The van der Waals surface area contributed by atoms with Gasteiger partial charge in [-0.1, -0.05) is 52.6 Å². The number of hydrogen-bond acceptors (Lipinski definition) is 4. The largest absolute Gasteiger partial charge is 0.496 e. The molecule has 0 bridgehead atoms. The molecule has 0 fully saturated rings. The first kappa shape index (κ1) is 21.6. The second-order valence-corrected chi connectivity index (χ2v) is 8.01. The third-order valence-electron chi connectivity index (χ3n) is 4.47. The van der Waals surface area contributed by atoms with Gasteiger partial charge < -0.3 is 9.57 Å². The van der Waals surface area contributed by atoms with E-state index in [9.17, 15) is 4.79 Å². The average Bonchev–Trinajstić information content (AvgIpc) is 2.72. The summed E-state index contributed by atoms with van der Waals surface area (Å²) < 4.78 is 6.17. The number of ketones is 1. The maximum absolute atomic E-state index is 12.7. The first-order valence-corrected chi connectivity index (χ1v) is 10.4. The van der Waals surface area contributed by atoms with Crippen molar-refractivity contribution in [2.75, 3.05) is 7.11 Å². The number of methoxy groups -OCH3 is 1. The predicted octanol–water partition coefficient (Wildman–Crippen LogP) is 6.94. The number of halogens is 3. The fourth-order valence-electron chi connectivity index (χ4n) is 2.82. The van der Waals surface area contributed by atoms with Crippen molar-refractivity contribution in [3.05, 3.63) is 74.2 Å². The van der Waals surface area contributed by atoms with Crippen LogP contribution < -0.4 is 4.74 Å². The highest BCUT2D eigenvalue weighted by atomic mass is 79.9. The number of carbonyl (C=O) groups excluding carboxylic acids is 1. The first-order chi connectivity index (χ1) is 13.9. The van der Waals surface area contributed by atoms with Gasteiger partial charge in [0.15, 0.2) is 5.78 Å². The number of rotatable bonds is 7. The van der Waals surface area contributed by atoms with Gasteiger partial charge in [-0.15, -0.1) is 0 Å². The summed E-state index contributed by atoms with van der Waals surface area (Å²) in [6.07, 6.45) is 1.47. The van der Waals surface area contributed by atoms with E-state index in [4.69, 9.17) is 32.8 Å². The Morgan fingerprint density at radius 1 is 1.17 bits per heavy atom. The smallest absolute Gasteiger partial charge is 0.171 e. The Balaban J connectivity index is 1.69. The third-order valence-corrected chi connectivity index (χ3v) is 5.99. The highest BCUT2D eigenvalue weighted by molar-refractivity contribution is 9.10. The number of hydrogen-bond donors (Lipinski definition) is 0. The van der Waals surface area contributed by atoms with Crippen molar-refractivity contribution in [3.63, 3.8) is 0 Å². The van der Waals surface area contributed by atoms with Crippen molar-refractivity contribution in [3.8, 4) is 5.75 Å². The van der Waals surface area contributed by atoms with Crippen LogP contribution in [0, 0.1) is 5.92 Å². The van der Waals surface area contributed by atoms with E-state index in [-0.39, 0.29) is 12.4 Å². The Morgan fingerprint density at radius 2 is 1.90 bits per heavy atom. The van der Waals surface area contributed by atoms with Crippen LogP contribution >= 0.6 is 39.1 Å². The van der Waals surface area contributed by atoms with E-state index in [1.54, 1.807) is 38.3 Å². The van der Waals surface area contributed by atoms with Crippen molar-refractivity contribution in [2.24, 2.45) is 11.1 Å². The number of fused-ring (bicyclic) bond motifs is 1. The quantitative estimate of drug-likeness (QED) is 0.203. The zero-order valence-electron chi connectivity index (χ0n) is 15.8. The van der Waals surface area contributed by atoms with Gasteiger partial charge in [0.25, 0.3) is 0 Å². The SMILES string of the molecule is COc1ccc2cc(C(=O)[C@H](C)/C=N\OCc3c(Cl)cccc3Cl)ccc2c1Br. The number of nitrogens with zero attached hydrogens (tertiary/aromatic N) is 1. The summed E-state index contributed by atoms with van der Waals surface area (Å²) in [4.78, 5) is 18.0. The van der Waals surface area contributed by atoms with Crippen LogP contribution in [-0.4, -0.2) is 19.1 Å². The van der Waals surface area contributed by atoms with Crippen molar-refractivity contribution < 1.29 is 14.4 Å². The Labute approximate surface area is 187 Å². The first-order valence-electron chi connectivity index (χ1n) is 8.81. The molecule has 0 aliphatic carbocycles. The molecule has 4 nitrogen and oxygen atoms in total. The number of oxime groups is 1. The molecule has 1 atom stereocenters.